The molecule has 5 rings (SSSR count). The van der Waals surface area contributed by atoms with Crippen molar-refractivity contribution in [2.75, 3.05) is 5.75 Å². The van der Waals surface area contributed by atoms with Gasteiger partial charge in [-0.25, -0.2) is 4.98 Å². The van der Waals surface area contributed by atoms with Crippen LogP contribution >= 0.6 is 23.1 Å². The lowest BCUT2D eigenvalue weighted by molar-refractivity contribution is -0.134. The van der Waals surface area contributed by atoms with E-state index in [1.807, 2.05) is 10.7 Å². The van der Waals surface area contributed by atoms with Crippen LogP contribution in [0.4, 0.5) is 0 Å². The van der Waals surface area contributed by atoms with Gasteiger partial charge in [-0.05, 0) is 63.9 Å². The number of thiophene rings is 1. The lowest BCUT2D eigenvalue weighted by Crippen LogP contribution is -2.48. The Labute approximate surface area is 179 Å². The Morgan fingerprint density at radius 1 is 1.21 bits per heavy atom. The van der Waals surface area contributed by atoms with Gasteiger partial charge >= 0.3 is 0 Å². The highest BCUT2D eigenvalue weighted by molar-refractivity contribution is 7.99. The molecule has 1 amide bonds. The largest absolute Gasteiger partial charge is 0.337 e. The highest BCUT2D eigenvalue weighted by Crippen LogP contribution is 2.39. The van der Waals surface area contributed by atoms with E-state index in [-0.39, 0.29) is 5.91 Å². The first-order valence-corrected chi connectivity index (χ1v) is 12.4. The van der Waals surface area contributed by atoms with Crippen molar-refractivity contribution in [3.05, 3.63) is 16.8 Å². The maximum absolute atomic E-state index is 12.9. The van der Waals surface area contributed by atoms with Crippen molar-refractivity contribution in [2.45, 2.75) is 76.5 Å². The molecule has 0 spiro atoms. The molecule has 1 aliphatic carbocycles. The molecule has 3 atom stereocenters. The molecule has 0 aromatic carbocycles. The van der Waals surface area contributed by atoms with Crippen molar-refractivity contribution in [2.24, 2.45) is 5.92 Å². The van der Waals surface area contributed by atoms with Gasteiger partial charge in [-0.15, -0.1) is 21.5 Å². The fraction of sp³-hybridized carbons (Fsp3) is 0.619. The van der Waals surface area contributed by atoms with E-state index in [0.717, 1.165) is 47.2 Å². The van der Waals surface area contributed by atoms with Crippen molar-refractivity contribution < 1.29 is 4.79 Å². The molecule has 0 bridgehead atoms. The number of rotatable bonds is 3. The maximum Gasteiger partial charge on any atom is 0.233 e. The second-order valence-electron chi connectivity index (χ2n) is 8.67. The summed E-state index contributed by atoms with van der Waals surface area (Å²) in [5.41, 5.74) is 2.30. The molecule has 6 nitrogen and oxygen atoms in total. The summed E-state index contributed by atoms with van der Waals surface area (Å²) in [6.07, 6.45) is 8.67. The molecule has 3 aromatic rings. The molecule has 1 saturated heterocycles. The van der Waals surface area contributed by atoms with E-state index in [1.165, 1.54) is 40.4 Å². The van der Waals surface area contributed by atoms with Crippen LogP contribution in [0, 0.1) is 5.92 Å². The average molecular weight is 430 g/mol. The van der Waals surface area contributed by atoms with E-state index in [9.17, 15) is 4.79 Å². The number of hydrogen-bond acceptors (Lipinski definition) is 6. The summed E-state index contributed by atoms with van der Waals surface area (Å²) in [5, 5.41) is 10.8. The Morgan fingerprint density at radius 2 is 2.00 bits per heavy atom. The smallest absolute Gasteiger partial charge is 0.233 e. The summed E-state index contributed by atoms with van der Waals surface area (Å²) >= 11 is 3.28. The summed E-state index contributed by atoms with van der Waals surface area (Å²) < 4.78 is 1.97. The van der Waals surface area contributed by atoms with Crippen LogP contribution in [0.1, 0.15) is 56.9 Å². The number of nitrogens with zero attached hydrogens (tertiary/aromatic N) is 5. The number of piperidine rings is 1. The molecule has 0 N–H and O–H groups in total. The molecule has 0 radical (unpaired) electrons. The number of amides is 1. The van der Waals surface area contributed by atoms with Gasteiger partial charge in [0.2, 0.25) is 5.91 Å². The minimum atomic E-state index is 0.197. The standard InChI is InChI=1S/C21H27N5OS2/c1-12-7-8-15-16(9-12)29-20-18(15)19-23-24-21(25(19)11-22-20)28-10-17(27)26-13(2)5-4-6-14(26)3/h11-14H,4-10H2,1-3H3/t12-,13-,14-/m1/s1. The number of aryl methyl sites for hydroxylation is 1. The molecule has 1 fully saturated rings. The molecule has 0 saturated carbocycles. The topological polar surface area (TPSA) is 63.4 Å². The summed E-state index contributed by atoms with van der Waals surface area (Å²) in [5.74, 6) is 1.33. The molecule has 29 heavy (non-hydrogen) atoms. The Kier molecular flexibility index (Phi) is 5.02. The van der Waals surface area contributed by atoms with Gasteiger partial charge in [0, 0.05) is 17.0 Å². The van der Waals surface area contributed by atoms with Crippen molar-refractivity contribution in [1.29, 1.82) is 0 Å². The first-order valence-electron chi connectivity index (χ1n) is 10.6. The monoisotopic (exact) mass is 429 g/mol. The van der Waals surface area contributed by atoms with Gasteiger partial charge in [0.1, 0.15) is 11.2 Å². The number of aromatic nitrogens is 4. The number of fused-ring (bicyclic) bond motifs is 5. The Morgan fingerprint density at radius 3 is 2.79 bits per heavy atom. The zero-order valence-electron chi connectivity index (χ0n) is 17.2. The normalized spacial score (nSPS) is 24.9. The van der Waals surface area contributed by atoms with Gasteiger partial charge in [0.15, 0.2) is 10.8 Å². The van der Waals surface area contributed by atoms with Crippen molar-refractivity contribution >= 4 is 44.9 Å². The Hall–Kier alpha value is -1.67. The molecule has 1 aliphatic heterocycles. The summed E-state index contributed by atoms with van der Waals surface area (Å²) in [4.78, 5) is 22.2. The third kappa shape index (κ3) is 3.34. The first kappa shape index (κ1) is 19.3. The third-order valence-corrected chi connectivity index (χ3v) is 8.57. The van der Waals surface area contributed by atoms with Gasteiger partial charge in [-0.3, -0.25) is 9.20 Å². The van der Waals surface area contributed by atoms with Gasteiger partial charge in [0.25, 0.3) is 0 Å². The SMILES string of the molecule is C[C@@H]1CCc2c(sc3ncn4c(SCC(=O)N5[C@H](C)CCC[C@H]5C)nnc4c23)C1. The van der Waals surface area contributed by atoms with E-state index < -0.39 is 0 Å². The molecule has 2 aliphatic rings. The quantitative estimate of drug-likeness (QED) is 0.579. The zero-order valence-corrected chi connectivity index (χ0v) is 18.9. The van der Waals surface area contributed by atoms with Crippen molar-refractivity contribution in [3.8, 4) is 0 Å². The number of hydrogen-bond donors (Lipinski definition) is 0. The lowest BCUT2D eigenvalue weighted by atomic mass is 9.89. The van der Waals surface area contributed by atoms with Gasteiger partial charge in [-0.1, -0.05) is 18.7 Å². The van der Waals surface area contributed by atoms with Gasteiger partial charge in [-0.2, -0.15) is 0 Å². The molecule has 4 heterocycles. The van der Waals surface area contributed by atoms with Crippen molar-refractivity contribution in [1.82, 2.24) is 24.5 Å². The number of thioether (sulfide) groups is 1. The minimum absolute atomic E-state index is 0.197. The summed E-state index contributed by atoms with van der Waals surface area (Å²) in [6, 6.07) is 0.644. The fourth-order valence-electron chi connectivity index (χ4n) is 4.93. The van der Waals surface area contributed by atoms with Crippen LogP contribution in [-0.4, -0.2) is 48.2 Å². The van der Waals surface area contributed by atoms with Gasteiger partial charge in [0.05, 0.1) is 11.1 Å². The third-order valence-electron chi connectivity index (χ3n) is 6.48. The summed E-state index contributed by atoms with van der Waals surface area (Å²) in [6.45, 7) is 6.64. The molecule has 3 aromatic heterocycles. The van der Waals surface area contributed by atoms with E-state index in [2.05, 4.69) is 35.9 Å². The Bertz CT molecular complexity index is 1060. The Balaban J connectivity index is 1.41. The highest BCUT2D eigenvalue weighted by atomic mass is 32.2. The van der Waals surface area contributed by atoms with Crippen LogP contribution in [0.5, 0.6) is 0 Å². The first-order chi connectivity index (χ1) is 14.0. The zero-order chi connectivity index (χ0) is 20.1. The van der Waals surface area contributed by atoms with Crippen molar-refractivity contribution in [3.63, 3.8) is 0 Å². The van der Waals surface area contributed by atoms with Crippen LogP contribution < -0.4 is 0 Å². The van der Waals surface area contributed by atoms with Crippen LogP contribution in [-0.2, 0) is 17.6 Å². The van der Waals surface area contributed by atoms with Crippen LogP contribution in [0.2, 0.25) is 0 Å². The minimum Gasteiger partial charge on any atom is -0.337 e. The second kappa shape index (κ2) is 7.54. The average Bonchev–Trinajstić information content (AvgIpc) is 3.26. The predicted octanol–water partition coefficient (Wildman–Crippen LogP) is 4.35. The predicted molar refractivity (Wildman–Crippen MR) is 118 cm³/mol. The molecular formula is C21H27N5OS2. The van der Waals surface area contributed by atoms with Crippen LogP contribution in [0.3, 0.4) is 0 Å². The molecular weight excluding hydrogens is 402 g/mol. The van der Waals surface area contributed by atoms with E-state index in [1.54, 1.807) is 11.3 Å². The van der Waals surface area contributed by atoms with E-state index >= 15 is 0 Å². The lowest BCUT2D eigenvalue weighted by Gasteiger charge is -2.39. The van der Waals surface area contributed by atoms with E-state index in [0.29, 0.717) is 17.8 Å². The van der Waals surface area contributed by atoms with Crippen LogP contribution in [0.25, 0.3) is 15.9 Å². The fourth-order valence-corrected chi connectivity index (χ4v) is 7.05. The number of carbonyl (C=O) groups is 1. The highest BCUT2D eigenvalue weighted by Gasteiger charge is 2.29. The summed E-state index contributed by atoms with van der Waals surface area (Å²) in [7, 11) is 0. The maximum atomic E-state index is 12.9. The van der Waals surface area contributed by atoms with Gasteiger partial charge < -0.3 is 4.90 Å². The molecule has 0 unspecified atom stereocenters. The number of carbonyl (C=O) groups excluding carboxylic acids is 1. The molecule has 8 heteroatoms. The molecule has 154 valence electrons. The number of likely N-dealkylation sites (tertiary alicyclic amines) is 1. The van der Waals surface area contributed by atoms with Crippen LogP contribution in [0.15, 0.2) is 11.5 Å². The van der Waals surface area contributed by atoms with E-state index in [4.69, 9.17) is 4.98 Å². The second-order valence-corrected chi connectivity index (χ2v) is 10.7.